The lowest BCUT2D eigenvalue weighted by Gasteiger charge is -2.04. The molecule has 0 saturated heterocycles. The molecule has 0 fully saturated rings. The lowest BCUT2D eigenvalue weighted by Crippen LogP contribution is -1.88. The number of anilines is 1. The van der Waals surface area contributed by atoms with Gasteiger partial charge in [0.2, 0.25) is 0 Å². The van der Waals surface area contributed by atoms with Crippen LogP contribution in [0.25, 0.3) is 0 Å². The van der Waals surface area contributed by atoms with Crippen LogP contribution in [0.5, 0.6) is 0 Å². The third-order valence-corrected chi connectivity index (χ3v) is 5.46. The fraction of sp³-hybridized carbons (Fsp3) is 0.0909. The van der Waals surface area contributed by atoms with E-state index in [1.165, 1.54) is 4.88 Å². The Kier molecular flexibility index (Phi) is 4.35. The summed E-state index contributed by atoms with van der Waals surface area (Å²) in [5.41, 5.74) is 6.75. The summed E-state index contributed by atoms with van der Waals surface area (Å²) in [6.07, 6.45) is 0. The summed E-state index contributed by atoms with van der Waals surface area (Å²) in [4.78, 5) is 2.47. The maximum atomic E-state index is 5.91. The first-order chi connectivity index (χ1) is 7.65. The quantitative estimate of drug-likeness (QED) is 0.590. The molecule has 2 N–H and O–H groups in total. The van der Waals surface area contributed by atoms with E-state index in [1.807, 2.05) is 12.1 Å². The van der Waals surface area contributed by atoms with Crippen LogP contribution in [-0.2, 0) is 5.75 Å². The molecule has 0 aliphatic carbocycles. The van der Waals surface area contributed by atoms with Gasteiger partial charge in [0, 0.05) is 35.5 Å². The zero-order valence-electron chi connectivity index (χ0n) is 8.24. The first kappa shape index (κ1) is 12.5. The number of nitrogen functional groups attached to an aromatic ring is 1. The molecular formula is C11H9Br2NS2. The van der Waals surface area contributed by atoms with Gasteiger partial charge in [-0.3, -0.25) is 0 Å². The molecule has 0 amide bonds. The first-order valence-electron chi connectivity index (χ1n) is 4.56. The largest absolute Gasteiger partial charge is 0.398 e. The number of benzene rings is 1. The van der Waals surface area contributed by atoms with Crippen molar-refractivity contribution in [2.75, 3.05) is 5.73 Å². The molecule has 1 aromatic carbocycles. The number of hydrogen-bond donors (Lipinski definition) is 1. The lowest BCUT2D eigenvalue weighted by molar-refractivity contribution is 1.41. The second-order valence-electron chi connectivity index (χ2n) is 3.20. The second kappa shape index (κ2) is 5.58. The van der Waals surface area contributed by atoms with Crippen molar-refractivity contribution in [3.05, 3.63) is 43.5 Å². The number of thiophene rings is 1. The highest BCUT2D eigenvalue weighted by molar-refractivity contribution is 9.10. The molecule has 84 valence electrons. The summed E-state index contributed by atoms with van der Waals surface area (Å²) in [7, 11) is 0. The Morgan fingerprint density at radius 2 is 2.00 bits per heavy atom. The van der Waals surface area contributed by atoms with Crippen molar-refractivity contribution in [3.8, 4) is 0 Å². The number of rotatable bonds is 3. The molecule has 0 bridgehead atoms. The van der Waals surface area contributed by atoms with E-state index in [0.717, 1.165) is 25.3 Å². The first-order valence-corrected chi connectivity index (χ1v) is 8.01. The number of thioether (sulfide) groups is 1. The van der Waals surface area contributed by atoms with Gasteiger partial charge >= 0.3 is 0 Å². The fourth-order valence-corrected chi connectivity index (χ4v) is 4.23. The van der Waals surface area contributed by atoms with Gasteiger partial charge in [-0.05, 0) is 40.2 Å². The standard InChI is InChI=1S/C11H9Br2NS2/c12-7-1-2-10(14)11(4-7)16-6-9-3-8(13)5-15-9/h1-5H,6,14H2. The molecule has 0 spiro atoms. The smallest absolute Gasteiger partial charge is 0.0453 e. The Bertz CT molecular complexity index is 496. The van der Waals surface area contributed by atoms with Crippen LogP contribution in [0.3, 0.4) is 0 Å². The van der Waals surface area contributed by atoms with Gasteiger partial charge in [0.15, 0.2) is 0 Å². The van der Waals surface area contributed by atoms with Crippen molar-refractivity contribution in [1.29, 1.82) is 0 Å². The van der Waals surface area contributed by atoms with E-state index < -0.39 is 0 Å². The van der Waals surface area contributed by atoms with E-state index in [9.17, 15) is 0 Å². The monoisotopic (exact) mass is 377 g/mol. The van der Waals surface area contributed by atoms with Crippen molar-refractivity contribution in [2.24, 2.45) is 0 Å². The van der Waals surface area contributed by atoms with E-state index in [0.29, 0.717) is 0 Å². The van der Waals surface area contributed by atoms with Crippen LogP contribution in [0.15, 0.2) is 43.5 Å². The van der Waals surface area contributed by atoms with E-state index in [-0.39, 0.29) is 0 Å². The molecular weight excluding hydrogens is 370 g/mol. The average molecular weight is 379 g/mol. The maximum Gasteiger partial charge on any atom is 0.0453 e. The molecule has 1 aromatic heterocycles. The molecule has 1 nitrogen and oxygen atoms in total. The summed E-state index contributed by atoms with van der Waals surface area (Å²) >= 11 is 10.4. The number of nitrogens with two attached hydrogens (primary N) is 1. The normalized spacial score (nSPS) is 10.6. The molecule has 0 aliphatic rings. The van der Waals surface area contributed by atoms with Crippen LogP contribution in [0, 0.1) is 0 Å². The van der Waals surface area contributed by atoms with Gasteiger partial charge in [0.25, 0.3) is 0 Å². The minimum absolute atomic E-state index is 0.837. The predicted octanol–water partition coefficient (Wildman–Crippen LogP) is 5.15. The van der Waals surface area contributed by atoms with E-state index in [2.05, 4.69) is 49.4 Å². The third kappa shape index (κ3) is 3.26. The molecule has 0 unspecified atom stereocenters. The van der Waals surface area contributed by atoms with Gasteiger partial charge in [-0.15, -0.1) is 23.1 Å². The highest BCUT2D eigenvalue weighted by Crippen LogP contribution is 2.32. The second-order valence-corrected chi connectivity index (χ2v) is 7.05. The Morgan fingerprint density at radius 3 is 2.69 bits per heavy atom. The Hall–Kier alpha value is 0.0300. The van der Waals surface area contributed by atoms with Crippen molar-refractivity contribution in [3.63, 3.8) is 0 Å². The zero-order valence-corrected chi connectivity index (χ0v) is 13.0. The Morgan fingerprint density at radius 1 is 1.19 bits per heavy atom. The fourth-order valence-electron chi connectivity index (χ4n) is 1.21. The SMILES string of the molecule is Nc1ccc(Br)cc1SCc1cc(Br)cs1. The Labute approximate surface area is 120 Å². The van der Waals surface area contributed by atoms with Gasteiger partial charge in [0.1, 0.15) is 0 Å². The van der Waals surface area contributed by atoms with E-state index >= 15 is 0 Å². The topological polar surface area (TPSA) is 26.0 Å². The molecule has 0 atom stereocenters. The molecule has 5 heteroatoms. The van der Waals surface area contributed by atoms with Gasteiger partial charge in [-0.25, -0.2) is 0 Å². The molecule has 0 radical (unpaired) electrons. The summed E-state index contributed by atoms with van der Waals surface area (Å²) in [6.45, 7) is 0. The van der Waals surface area contributed by atoms with Crippen molar-refractivity contribution < 1.29 is 0 Å². The van der Waals surface area contributed by atoms with Crippen LogP contribution >= 0.6 is 55.0 Å². The summed E-state index contributed by atoms with van der Waals surface area (Å²) < 4.78 is 2.21. The van der Waals surface area contributed by atoms with Gasteiger partial charge in [-0.1, -0.05) is 15.9 Å². The van der Waals surface area contributed by atoms with Crippen LogP contribution in [-0.4, -0.2) is 0 Å². The third-order valence-electron chi connectivity index (χ3n) is 1.97. The minimum atomic E-state index is 0.837. The van der Waals surface area contributed by atoms with Crippen molar-refractivity contribution in [1.82, 2.24) is 0 Å². The van der Waals surface area contributed by atoms with Gasteiger partial charge < -0.3 is 5.73 Å². The Balaban J connectivity index is 2.07. The van der Waals surface area contributed by atoms with Crippen LogP contribution in [0.2, 0.25) is 0 Å². The van der Waals surface area contributed by atoms with Crippen LogP contribution in [0.4, 0.5) is 5.69 Å². The predicted molar refractivity (Wildman–Crippen MR) is 80.1 cm³/mol. The van der Waals surface area contributed by atoms with E-state index in [4.69, 9.17) is 5.73 Å². The average Bonchev–Trinajstić information content (AvgIpc) is 2.66. The molecule has 2 rings (SSSR count). The summed E-state index contributed by atoms with van der Waals surface area (Å²) in [5.74, 6) is 0.955. The molecule has 2 aromatic rings. The number of hydrogen-bond acceptors (Lipinski definition) is 3. The lowest BCUT2D eigenvalue weighted by atomic mass is 10.3. The van der Waals surface area contributed by atoms with Gasteiger partial charge in [-0.2, -0.15) is 0 Å². The highest BCUT2D eigenvalue weighted by atomic mass is 79.9. The van der Waals surface area contributed by atoms with Gasteiger partial charge in [0.05, 0.1) is 0 Å². The maximum absolute atomic E-state index is 5.91. The van der Waals surface area contributed by atoms with Crippen LogP contribution in [0.1, 0.15) is 4.88 Å². The number of halogens is 2. The molecule has 0 saturated carbocycles. The van der Waals surface area contributed by atoms with Crippen molar-refractivity contribution in [2.45, 2.75) is 10.6 Å². The van der Waals surface area contributed by atoms with Crippen LogP contribution < -0.4 is 5.73 Å². The van der Waals surface area contributed by atoms with Crippen molar-refractivity contribution >= 4 is 60.6 Å². The minimum Gasteiger partial charge on any atom is -0.398 e. The molecule has 16 heavy (non-hydrogen) atoms. The molecule has 1 heterocycles. The van der Waals surface area contributed by atoms with E-state index in [1.54, 1.807) is 23.1 Å². The zero-order chi connectivity index (χ0) is 11.5. The summed E-state index contributed by atoms with van der Waals surface area (Å²) in [6, 6.07) is 8.09. The molecule has 0 aliphatic heterocycles. The highest BCUT2D eigenvalue weighted by Gasteiger charge is 2.03. The summed E-state index contributed by atoms with van der Waals surface area (Å²) in [5, 5.41) is 2.10.